The summed E-state index contributed by atoms with van der Waals surface area (Å²) in [7, 11) is 0. The van der Waals surface area contributed by atoms with E-state index < -0.39 is 23.4 Å². The SMILES string of the molecule is C[C@@]12C[C@H](NC(=O)N1c1cc(F)ccc1F)c1ccccc1O2. The van der Waals surface area contributed by atoms with E-state index >= 15 is 0 Å². The van der Waals surface area contributed by atoms with Gasteiger partial charge in [0.05, 0.1) is 11.7 Å². The number of benzene rings is 2. The number of halogens is 2. The van der Waals surface area contributed by atoms with Crippen molar-refractivity contribution < 1.29 is 18.3 Å². The van der Waals surface area contributed by atoms with Crippen molar-refractivity contribution in [1.29, 1.82) is 0 Å². The van der Waals surface area contributed by atoms with E-state index in [1.807, 2.05) is 18.2 Å². The number of para-hydroxylation sites is 1. The number of rotatable bonds is 1. The smallest absolute Gasteiger partial charge is 0.325 e. The maximum atomic E-state index is 14.2. The first-order chi connectivity index (χ1) is 11.0. The lowest BCUT2D eigenvalue weighted by Crippen LogP contribution is -2.65. The van der Waals surface area contributed by atoms with Crippen molar-refractivity contribution in [3.8, 4) is 5.75 Å². The van der Waals surface area contributed by atoms with E-state index in [1.165, 1.54) is 0 Å². The third kappa shape index (κ3) is 2.05. The summed E-state index contributed by atoms with van der Waals surface area (Å²) in [5, 5.41) is 2.84. The van der Waals surface area contributed by atoms with Crippen LogP contribution in [0.4, 0.5) is 19.3 Å². The van der Waals surface area contributed by atoms with Crippen molar-refractivity contribution in [2.75, 3.05) is 4.90 Å². The first-order valence-corrected chi connectivity index (χ1v) is 7.32. The Kier molecular flexibility index (Phi) is 2.85. The summed E-state index contributed by atoms with van der Waals surface area (Å²) in [5.41, 5.74) is -0.337. The van der Waals surface area contributed by atoms with Gasteiger partial charge in [-0.3, -0.25) is 4.90 Å². The van der Waals surface area contributed by atoms with E-state index in [0.717, 1.165) is 28.7 Å². The summed E-state index contributed by atoms with van der Waals surface area (Å²) < 4.78 is 33.7. The van der Waals surface area contributed by atoms with E-state index in [2.05, 4.69) is 5.32 Å². The highest BCUT2D eigenvalue weighted by atomic mass is 19.1. The zero-order valence-corrected chi connectivity index (χ0v) is 12.3. The maximum absolute atomic E-state index is 14.2. The van der Waals surface area contributed by atoms with Gasteiger partial charge in [0.25, 0.3) is 0 Å². The molecule has 2 atom stereocenters. The third-order valence-corrected chi connectivity index (χ3v) is 4.33. The first kappa shape index (κ1) is 14.0. The second-order valence-corrected chi connectivity index (χ2v) is 5.95. The Labute approximate surface area is 131 Å². The highest BCUT2D eigenvalue weighted by molar-refractivity contribution is 5.95. The quantitative estimate of drug-likeness (QED) is 0.871. The van der Waals surface area contributed by atoms with Gasteiger partial charge in [-0.2, -0.15) is 0 Å². The van der Waals surface area contributed by atoms with E-state index in [0.29, 0.717) is 12.2 Å². The molecule has 2 amide bonds. The molecule has 118 valence electrons. The fourth-order valence-corrected chi connectivity index (χ4v) is 3.34. The summed E-state index contributed by atoms with van der Waals surface area (Å²) in [6.07, 6.45) is 0.436. The Morgan fingerprint density at radius 1 is 1.26 bits per heavy atom. The molecule has 2 heterocycles. The van der Waals surface area contributed by atoms with Crippen LogP contribution in [0.2, 0.25) is 0 Å². The number of anilines is 1. The normalized spacial score (nSPS) is 25.4. The molecular weight excluding hydrogens is 302 g/mol. The average Bonchev–Trinajstić information content (AvgIpc) is 2.50. The maximum Gasteiger partial charge on any atom is 0.325 e. The molecule has 2 aromatic carbocycles. The first-order valence-electron chi connectivity index (χ1n) is 7.32. The van der Waals surface area contributed by atoms with Crippen LogP contribution in [0.15, 0.2) is 42.5 Å². The summed E-state index contributed by atoms with van der Waals surface area (Å²) in [5.74, 6) is -0.659. The molecule has 0 unspecified atom stereocenters. The van der Waals surface area contributed by atoms with Gasteiger partial charge in [-0.05, 0) is 25.1 Å². The average molecular weight is 316 g/mol. The Balaban J connectivity index is 1.84. The minimum absolute atomic E-state index is 0.136. The van der Waals surface area contributed by atoms with E-state index in [1.54, 1.807) is 13.0 Å². The molecule has 1 saturated heterocycles. The van der Waals surface area contributed by atoms with Crippen LogP contribution in [0.25, 0.3) is 0 Å². The summed E-state index contributed by atoms with van der Waals surface area (Å²) in [6, 6.07) is 9.69. The number of fused-ring (bicyclic) bond motifs is 4. The molecule has 0 aliphatic carbocycles. The number of ether oxygens (including phenoxy) is 1. The molecule has 2 bridgehead atoms. The van der Waals surface area contributed by atoms with Gasteiger partial charge < -0.3 is 10.1 Å². The predicted octanol–water partition coefficient (Wildman–Crippen LogP) is 3.73. The lowest BCUT2D eigenvalue weighted by atomic mass is 9.90. The largest absolute Gasteiger partial charge is 0.467 e. The molecule has 2 aromatic rings. The van der Waals surface area contributed by atoms with Gasteiger partial charge >= 0.3 is 6.03 Å². The number of hydrogen-bond acceptors (Lipinski definition) is 2. The zero-order valence-electron chi connectivity index (χ0n) is 12.3. The van der Waals surface area contributed by atoms with E-state index in [4.69, 9.17) is 4.74 Å². The van der Waals surface area contributed by atoms with E-state index in [9.17, 15) is 13.6 Å². The van der Waals surface area contributed by atoms with Crippen LogP contribution in [-0.2, 0) is 0 Å². The van der Waals surface area contributed by atoms with Gasteiger partial charge in [0.1, 0.15) is 17.4 Å². The number of hydrogen-bond donors (Lipinski definition) is 1. The minimum atomic E-state index is -1.09. The number of nitrogens with zero attached hydrogens (tertiary/aromatic N) is 1. The molecule has 0 aromatic heterocycles. The van der Waals surface area contributed by atoms with Gasteiger partial charge in [-0.15, -0.1) is 0 Å². The standard InChI is InChI=1S/C17H14F2N2O2/c1-17-9-13(11-4-2-3-5-15(11)23-17)20-16(22)21(17)14-8-10(18)6-7-12(14)19/h2-8,13H,9H2,1H3,(H,20,22)/t13-,17+/m0/s1. The molecule has 0 spiro atoms. The molecule has 23 heavy (non-hydrogen) atoms. The van der Waals surface area contributed by atoms with Crippen molar-refractivity contribution in [3.63, 3.8) is 0 Å². The molecule has 0 radical (unpaired) electrons. The summed E-state index contributed by atoms with van der Waals surface area (Å²) in [4.78, 5) is 13.7. The van der Waals surface area contributed by atoms with Gasteiger partial charge in [-0.25, -0.2) is 13.6 Å². The fraction of sp³-hybridized carbons (Fsp3) is 0.235. The number of amides is 2. The zero-order chi connectivity index (χ0) is 16.2. The Bertz CT molecular complexity index is 811. The van der Waals surface area contributed by atoms with Crippen molar-refractivity contribution in [1.82, 2.24) is 5.32 Å². The lowest BCUT2D eigenvalue weighted by Gasteiger charge is -2.50. The molecule has 4 nitrogen and oxygen atoms in total. The van der Waals surface area contributed by atoms with Gasteiger partial charge in [0.2, 0.25) is 0 Å². The molecule has 2 aliphatic rings. The molecule has 0 saturated carbocycles. The predicted molar refractivity (Wildman–Crippen MR) is 80.2 cm³/mol. The Morgan fingerprint density at radius 2 is 2.04 bits per heavy atom. The number of nitrogens with one attached hydrogen (secondary N) is 1. The molecule has 6 heteroatoms. The van der Waals surface area contributed by atoms with Crippen LogP contribution in [0.5, 0.6) is 5.75 Å². The van der Waals surface area contributed by atoms with Gasteiger partial charge in [0, 0.05) is 18.1 Å². The second-order valence-electron chi connectivity index (χ2n) is 5.95. The van der Waals surface area contributed by atoms with Crippen LogP contribution in [0.1, 0.15) is 24.9 Å². The Hall–Kier alpha value is -2.63. The summed E-state index contributed by atoms with van der Waals surface area (Å²) >= 11 is 0. The highest BCUT2D eigenvalue weighted by Gasteiger charge is 2.50. The lowest BCUT2D eigenvalue weighted by molar-refractivity contribution is 0.0373. The van der Waals surface area contributed by atoms with Crippen molar-refractivity contribution in [3.05, 3.63) is 59.7 Å². The number of carbonyl (C=O) groups is 1. The topological polar surface area (TPSA) is 41.6 Å². The Morgan fingerprint density at radius 3 is 2.87 bits per heavy atom. The van der Waals surface area contributed by atoms with Crippen LogP contribution in [0, 0.1) is 11.6 Å². The van der Waals surface area contributed by atoms with E-state index in [-0.39, 0.29) is 11.7 Å². The molecular formula is C17H14F2N2O2. The van der Waals surface area contributed by atoms with Gasteiger partial charge in [-0.1, -0.05) is 18.2 Å². The van der Waals surface area contributed by atoms with Crippen LogP contribution in [0.3, 0.4) is 0 Å². The van der Waals surface area contributed by atoms with Crippen LogP contribution >= 0.6 is 0 Å². The molecule has 1 fully saturated rings. The van der Waals surface area contributed by atoms with Crippen LogP contribution < -0.4 is 15.0 Å². The minimum Gasteiger partial charge on any atom is -0.467 e. The van der Waals surface area contributed by atoms with Crippen LogP contribution in [-0.4, -0.2) is 11.8 Å². The third-order valence-electron chi connectivity index (χ3n) is 4.33. The summed E-state index contributed by atoms with van der Waals surface area (Å²) in [6.45, 7) is 1.71. The second kappa shape index (κ2) is 4.68. The van der Waals surface area contributed by atoms with Gasteiger partial charge in [0.15, 0.2) is 5.72 Å². The monoisotopic (exact) mass is 316 g/mol. The van der Waals surface area contributed by atoms with Crippen molar-refractivity contribution in [2.24, 2.45) is 0 Å². The highest BCUT2D eigenvalue weighted by Crippen LogP contribution is 2.45. The number of urea groups is 1. The molecule has 1 N–H and O–H groups in total. The van der Waals surface area contributed by atoms with Crippen molar-refractivity contribution in [2.45, 2.75) is 25.1 Å². The number of carbonyl (C=O) groups excluding carboxylic acids is 1. The fourth-order valence-electron chi connectivity index (χ4n) is 3.34. The molecule has 4 rings (SSSR count). The molecule has 2 aliphatic heterocycles. The van der Waals surface area contributed by atoms with Crippen molar-refractivity contribution >= 4 is 11.7 Å².